The van der Waals surface area contributed by atoms with Crippen LogP contribution in [0.25, 0.3) is 10.2 Å². The highest BCUT2D eigenvalue weighted by molar-refractivity contribution is 7.18. The maximum atomic E-state index is 12.6. The van der Waals surface area contributed by atoms with E-state index in [9.17, 15) is 9.59 Å². The second-order valence-electron chi connectivity index (χ2n) is 6.51. The van der Waals surface area contributed by atoms with E-state index in [2.05, 4.69) is 16.9 Å². The first-order valence-electron chi connectivity index (χ1n) is 8.32. The lowest BCUT2D eigenvalue weighted by Crippen LogP contribution is -2.18. The van der Waals surface area contributed by atoms with Crippen LogP contribution < -0.4 is 5.56 Å². The molecular weight excluding hydrogens is 340 g/mol. The maximum Gasteiger partial charge on any atom is 0.374 e. The van der Waals surface area contributed by atoms with Crippen molar-refractivity contribution in [2.24, 2.45) is 5.92 Å². The lowest BCUT2D eigenvalue weighted by atomic mass is 9.89. The summed E-state index contributed by atoms with van der Waals surface area (Å²) in [5.74, 6) is 0.520. The van der Waals surface area contributed by atoms with Gasteiger partial charge in [-0.3, -0.25) is 4.79 Å². The number of ether oxygens (including phenoxy) is 1. The van der Waals surface area contributed by atoms with Gasteiger partial charge in [0.2, 0.25) is 5.76 Å². The molecule has 7 heteroatoms. The van der Waals surface area contributed by atoms with Gasteiger partial charge in [-0.25, -0.2) is 9.78 Å². The molecule has 0 saturated heterocycles. The first-order valence-corrected chi connectivity index (χ1v) is 9.13. The van der Waals surface area contributed by atoms with Gasteiger partial charge in [-0.05, 0) is 49.8 Å². The molecule has 0 bridgehead atoms. The fraction of sp³-hybridized carbons (Fsp3) is 0.389. The Bertz CT molecular complexity index is 987. The number of hydrogen-bond donors (Lipinski definition) is 1. The monoisotopic (exact) mass is 358 g/mol. The first kappa shape index (κ1) is 16.1. The van der Waals surface area contributed by atoms with Crippen LogP contribution in [-0.4, -0.2) is 15.9 Å². The molecule has 3 aromatic rings. The zero-order chi connectivity index (χ0) is 17.6. The van der Waals surface area contributed by atoms with Crippen LogP contribution >= 0.6 is 11.3 Å². The van der Waals surface area contributed by atoms with Gasteiger partial charge < -0.3 is 14.1 Å². The fourth-order valence-electron chi connectivity index (χ4n) is 3.23. The molecule has 25 heavy (non-hydrogen) atoms. The highest BCUT2D eigenvalue weighted by atomic mass is 32.1. The minimum Gasteiger partial charge on any atom is -0.457 e. The van der Waals surface area contributed by atoms with Crippen molar-refractivity contribution < 1.29 is 13.9 Å². The van der Waals surface area contributed by atoms with Gasteiger partial charge >= 0.3 is 5.97 Å². The molecule has 0 amide bonds. The number of furan rings is 1. The molecule has 0 spiro atoms. The zero-order valence-corrected chi connectivity index (χ0v) is 14.8. The van der Waals surface area contributed by atoms with Gasteiger partial charge in [0.1, 0.15) is 4.83 Å². The molecule has 0 saturated carbocycles. The predicted molar refractivity (Wildman–Crippen MR) is 94.0 cm³/mol. The van der Waals surface area contributed by atoms with E-state index in [4.69, 9.17) is 9.15 Å². The van der Waals surface area contributed by atoms with Crippen molar-refractivity contribution in [3.63, 3.8) is 0 Å². The number of nitrogens with zero attached hydrogens (tertiary/aromatic N) is 1. The van der Waals surface area contributed by atoms with Gasteiger partial charge in [0.25, 0.3) is 5.56 Å². The molecular formula is C18H18N2O4S. The van der Waals surface area contributed by atoms with Gasteiger partial charge in [-0.2, -0.15) is 0 Å². The van der Waals surface area contributed by atoms with Gasteiger partial charge in [0.05, 0.1) is 11.6 Å². The molecule has 3 aromatic heterocycles. The van der Waals surface area contributed by atoms with Crippen molar-refractivity contribution in [1.82, 2.24) is 9.97 Å². The summed E-state index contributed by atoms with van der Waals surface area (Å²) in [4.78, 5) is 33.9. The lowest BCUT2D eigenvalue weighted by Gasteiger charge is -2.17. The van der Waals surface area contributed by atoms with Gasteiger partial charge in [-0.1, -0.05) is 6.92 Å². The average Bonchev–Trinajstić information content (AvgIpc) is 3.21. The Morgan fingerprint density at radius 1 is 1.52 bits per heavy atom. The first-order chi connectivity index (χ1) is 12.0. The van der Waals surface area contributed by atoms with Crippen LogP contribution in [0.4, 0.5) is 0 Å². The number of aromatic amines is 1. The molecule has 6 nitrogen and oxygen atoms in total. The number of hydrogen-bond acceptors (Lipinski definition) is 6. The quantitative estimate of drug-likeness (QED) is 0.723. The molecule has 0 aromatic carbocycles. The summed E-state index contributed by atoms with van der Waals surface area (Å²) in [7, 11) is 0. The van der Waals surface area contributed by atoms with Gasteiger partial charge in [0.15, 0.2) is 11.9 Å². The fourth-order valence-corrected chi connectivity index (χ4v) is 4.62. The molecule has 1 N–H and O–H groups in total. The van der Waals surface area contributed by atoms with Crippen LogP contribution in [0.5, 0.6) is 0 Å². The highest BCUT2D eigenvalue weighted by Gasteiger charge is 2.24. The van der Waals surface area contributed by atoms with Gasteiger partial charge in [-0.15, -0.1) is 11.3 Å². The third kappa shape index (κ3) is 2.89. The number of carbonyl (C=O) groups is 1. The Labute approximate surface area is 147 Å². The Balaban J connectivity index is 1.67. The third-order valence-electron chi connectivity index (χ3n) is 4.58. The SMILES string of the molecule is C[C@H]1CCc2c(sc3nc([C@H](C)OC(=O)c4ccco4)[nH]c(=O)c23)C1. The second-order valence-corrected chi connectivity index (χ2v) is 7.59. The molecule has 0 unspecified atom stereocenters. The van der Waals surface area contributed by atoms with Crippen molar-refractivity contribution in [3.8, 4) is 0 Å². The number of fused-ring (bicyclic) bond motifs is 3. The van der Waals surface area contributed by atoms with Crippen LogP contribution in [0.1, 0.15) is 53.2 Å². The van der Waals surface area contributed by atoms with E-state index >= 15 is 0 Å². The summed E-state index contributed by atoms with van der Waals surface area (Å²) < 4.78 is 10.4. The summed E-state index contributed by atoms with van der Waals surface area (Å²) in [5.41, 5.74) is 0.978. The summed E-state index contributed by atoms with van der Waals surface area (Å²) in [6.07, 6.45) is 3.74. The minimum absolute atomic E-state index is 0.121. The Hall–Kier alpha value is -2.41. The van der Waals surface area contributed by atoms with E-state index in [1.165, 1.54) is 17.2 Å². The predicted octanol–water partition coefficient (Wildman–Crippen LogP) is 3.62. The average molecular weight is 358 g/mol. The molecule has 0 radical (unpaired) electrons. The summed E-state index contributed by atoms with van der Waals surface area (Å²) in [5, 5.41) is 0.695. The van der Waals surface area contributed by atoms with Crippen LogP contribution in [0, 0.1) is 5.92 Å². The third-order valence-corrected chi connectivity index (χ3v) is 5.72. The van der Waals surface area contributed by atoms with Crippen molar-refractivity contribution >= 4 is 27.5 Å². The summed E-state index contributed by atoms with van der Waals surface area (Å²) in [6, 6.07) is 3.15. The number of carbonyl (C=O) groups excluding carboxylic acids is 1. The number of rotatable bonds is 3. The smallest absolute Gasteiger partial charge is 0.374 e. The molecule has 1 aliphatic rings. The standard InChI is InChI=1S/C18H18N2O4S/c1-9-5-6-11-13(8-9)25-17-14(11)16(21)19-15(20-17)10(2)24-18(22)12-4-3-7-23-12/h3-4,7,9-10H,5-6,8H2,1-2H3,(H,19,20,21)/t9-,10-/m0/s1. The van der Waals surface area contributed by atoms with Gasteiger partial charge in [0, 0.05) is 4.88 Å². The molecule has 4 rings (SSSR count). The number of esters is 1. The number of aromatic nitrogens is 2. The normalized spacial score (nSPS) is 18.1. The molecule has 0 aliphatic heterocycles. The molecule has 3 heterocycles. The van der Waals surface area contributed by atoms with Crippen LogP contribution in [0.3, 0.4) is 0 Å². The van der Waals surface area contributed by atoms with E-state index in [0.29, 0.717) is 17.1 Å². The lowest BCUT2D eigenvalue weighted by molar-refractivity contribution is 0.0284. The number of nitrogens with one attached hydrogen (secondary N) is 1. The summed E-state index contributed by atoms with van der Waals surface area (Å²) in [6.45, 7) is 3.91. The summed E-state index contributed by atoms with van der Waals surface area (Å²) >= 11 is 1.58. The number of aryl methyl sites for hydroxylation is 1. The highest BCUT2D eigenvalue weighted by Crippen LogP contribution is 2.36. The molecule has 0 fully saturated rings. The Morgan fingerprint density at radius 2 is 2.36 bits per heavy atom. The van der Waals surface area contributed by atoms with Crippen LogP contribution in [-0.2, 0) is 17.6 Å². The molecule has 1 aliphatic carbocycles. The van der Waals surface area contributed by atoms with Crippen molar-refractivity contribution in [2.75, 3.05) is 0 Å². The maximum absolute atomic E-state index is 12.6. The largest absolute Gasteiger partial charge is 0.457 e. The van der Waals surface area contributed by atoms with Crippen molar-refractivity contribution in [3.05, 3.63) is 50.8 Å². The Morgan fingerprint density at radius 3 is 3.12 bits per heavy atom. The van der Waals surface area contributed by atoms with E-state index in [-0.39, 0.29) is 11.3 Å². The van der Waals surface area contributed by atoms with Crippen molar-refractivity contribution in [2.45, 2.75) is 39.2 Å². The van der Waals surface area contributed by atoms with E-state index in [1.54, 1.807) is 24.3 Å². The van der Waals surface area contributed by atoms with Crippen LogP contribution in [0.15, 0.2) is 27.6 Å². The number of H-pyrrole nitrogens is 1. The Kier molecular flexibility index (Phi) is 3.95. The van der Waals surface area contributed by atoms with Crippen LogP contribution in [0.2, 0.25) is 0 Å². The van der Waals surface area contributed by atoms with E-state index in [1.807, 2.05) is 0 Å². The minimum atomic E-state index is -0.673. The second kappa shape index (κ2) is 6.15. The van der Waals surface area contributed by atoms with E-state index < -0.39 is 12.1 Å². The number of thiophene rings is 1. The topological polar surface area (TPSA) is 85.2 Å². The molecule has 2 atom stereocenters. The zero-order valence-electron chi connectivity index (χ0n) is 14.0. The molecule has 130 valence electrons. The van der Waals surface area contributed by atoms with E-state index in [0.717, 1.165) is 29.7 Å². The van der Waals surface area contributed by atoms with Crippen molar-refractivity contribution in [1.29, 1.82) is 0 Å².